The largest absolute Gasteiger partial charge is 0.339 e. The molecule has 0 unspecified atom stereocenters. The molecule has 0 aliphatic carbocycles. The summed E-state index contributed by atoms with van der Waals surface area (Å²) in [4.78, 5) is 20.6. The molecule has 0 fully saturated rings. The summed E-state index contributed by atoms with van der Waals surface area (Å²) in [6.07, 6.45) is 1.61. The molecule has 0 aliphatic rings. The van der Waals surface area contributed by atoms with Crippen LogP contribution in [0.15, 0.2) is 10.9 Å². The topological polar surface area (TPSA) is 85.8 Å². The number of nitrogens with one attached hydrogen (secondary N) is 1. The third-order valence-electron chi connectivity index (χ3n) is 3.03. The van der Waals surface area contributed by atoms with Gasteiger partial charge in [-0.2, -0.15) is 4.98 Å². The molecule has 0 bridgehead atoms. The maximum absolute atomic E-state index is 12.2. The number of rotatable bonds is 4. The molecular formula is C13H19N5O2. The molecule has 0 aliphatic heterocycles. The summed E-state index contributed by atoms with van der Waals surface area (Å²) in [6.45, 7) is 7.57. The minimum Gasteiger partial charge on any atom is -0.339 e. The predicted molar refractivity (Wildman–Crippen MR) is 72.2 cm³/mol. The van der Waals surface area contributed by atoms with E-state index in [4.69, 9.17) is 4.52 Å². The third-order valence-corrected chi connectivity index (χ3v) is 3.03. The van der Waals surface area contributed by atoms with E-state index in [1.165, 1.54) is 0 Å². The Labute approximate surface area is 117 Å². The molecule has 2 heterocycles. The van der Waals surface area contributed by atoms with Crippen molar-refractivity contribution >= 4 is 5.91 Å². The van der Waals surface area contributed by atoms with Crippen molar-refractivity contribution in [2.75, 3.05) is 0 Å². The Morgan fingerprint density at radius 1 is 1.40 bits per heavy atom. The van der Waals surface area contributed by atoms with E-state index in [2.05, 4.69) is 20.4 Å². The van der Waals surface area contributed by atoms with Gasteiger partial charge in [0.05, 0.1) is 12.0 Å². The van der Waals surface area contributed by atoms with Crippen LogP contribution in [0.2, 0.25) is 0 Å². The molecule has 2 aromatic rings. The zero-order valence-electron chi connectivity index (χ0n) is 12.3. The Morgan fingerprint density at radius 3 is 2.60 bits per heavy atom. The van der Waals surface area contributed by atoms with Crippen molar-refractivity contribution in [2.45, 2.75) is 39.7 Å². The first-order valence-corrected chi connectivity index (χ1v) is 6.52. The van der Waals surface area contributed by atoms with Gasteiger partial charge in [-0.05, 0) is 13.8 Å². The minimum atomic E-state index is -0.350. The first-order chi connectivity index (χ1) is 9.40. The van der Waals surface area contributed by atoms with Crippen LogP contribution in [0.3, 0.4) is 0 Å². The summed E-state index contributed by atoms with van der Waals surface area (Å²) in [5, 5.41) is 6.72. The lowest BCUT2D eigenvalue weighted by molar-refractivity contribution is 0.0923. The lowest BCUT2D eigenvalue weighted by Crippen LogP contribution is -2.29. The molecule has 2 aromatic heterocycles. The highest BCUT2D eigenvalue weighted by Gasteiger charge is 2.21. The van der Waals surface area contributed by atoms with Gasteiger partial charge in [-0.1, -0.05) is 19.0 Å². The lowest BCUT2D eigenvalue weighted by Gasteiger charge is -2.10. The Balaban J connectivity index is 2.11. The molecule has 0 saturated heterocycles. The van der Waals surface area contributed by atoms with Gasteiger partial charge in [-0.25, -0.2) is 4.98 Å². The molecule has 1 N–H and O–H groups in total. The van der Waals surface area contributed by atoms with Crippen LogP contribution in [-0.4, -0.2) is 25.6 Å². The molecule has 20 heavy (non-hydrogen) atoms. The average Bonchev–Trinajstić information content (AvgIpc) is 2.96. The fraction of sp³-hybridized carbons (Fsp3) is 0.538. The van der Waals surface area contributed by atoms with Crippen LogP contribution >= 0.6 is 0 Å². The zero-order chi connectivity index (χ0) is 14.9. The van der Waals surface area contributed by atoms with Crippen molar-refractivity contribution in [1.29, 1.82) is 0 Å². The van der Waals surface area contributed by atoms with Gasteiger partial charge in [0.1, 0.15) is 11.7 Å². The Hall–Kier alpha value is -2.18. The highest BCUT2D eigenvalue weighted by Crippen LogP contribution is 2.15. The van der Waals surface area contributed by atoms with Crippen LogP contribution in [0.1, 0.15) is 60.6 Å². The van der Waals surface area contributed by atoms with E-state index in [1.807, 2.05) is 13.8 Å². The van der Waals surface area contributed by atoms with Crippen molar-refractivity contribution in [2.24, 2.45) is 7.05 Å². The van der Waals surface area contributed by atoms with Gasteiger partial charge in [0.2, 0.25) is 5.89 Å². The fourth-order valence-electron chi connectivity index (χ4n) is 1.86. The lowest BCUT2D eigenvalue weighted by atomic mass is 10.2. The third kappa shape index (κ3) is 2.71. The monoisotopic (exact) mass is 277 g/mol. The molecule has 2 rings (SSSR count). The van der Waals surface area contributed by atoms with Crippen molar-refractivity contribution in [1.82, 2.24) is 25.0 Å². The molecule has 7 nitrogen and oxygen atoms in total. The number of amides is 1. The molecule has 0 radical (unpaired) electrons. The van der Waals surface area contributed by atoms with Crippen molar-refractivity contribution < 1.29 is 9.32 Å². The SMILES string of the molecule is Cc1ncn(C)c1C(=O)N[C@H](C)c1nc(C(C)C)no1. The summed E-state index contributed by atoms with van der Waals surface area (Å²) >= 11 is 0. The van der Waals surface area contributed by atoms with E-state index < -0.39 is 0 Å². The van der Waals surface area contributed by atoms with Crippen molar-refractivity contribution in [3.63, 3.8) is 0 Å². The number of hydrogen-bond donors (Lipinski definition) is 1. The van der Waals surface area contributed by atoms with Crippen molar-refractivity contribution in [3.05, 3.63) is 29.4 Å². The number of imidazole rings is 1. The maximum Gasteiger partial charge on any atom is 0.270 e. The van der Waals surface area contributed by atoms with Gasteiger partial charge >= 0.3 is 0 Å². The molecular weight excluding hydrogens is 258 g/mol. The van der Waals surface area contributed by atoms with E-state index in [1.54, 1.807) is 31.8 Å². The van der Waals surface area contributed by atoms with Gasteiger partial charge in [0.15, 0.2) is 5.82 Å². The Kier molecular flexibility index (Phi) is 3.87. The zero-order valence-corrected chi connectivity index (χ0v) is 12.3. The van der Waals surface area contributed by atoms with Gasteiger partial charge in [0, 0.05) is 13.0 Å². The molecule has 0 spiro atoms. The standard InChI is InChI=1S/C13H19N5O2/c1-7(2)11-16-13(20-17-11)9(4)15-12(19)10-8(3)14-6-18(10)5/h6-7,9H,1-5H3,(H,15,19)/t9-/m1/s1. The number of hydrogen-bond acceptors (Lipinski definition) is 5. The number of carbonyl (C=O) groups is 1. The molecule has 7 heteroatoms. The summed E-state index contributed by atoms with van der Waals surface area (Å²) < 4.78 is 6.85. The molecule has 108 valence electrons. The van der Waals surface area contributed by atoms with Crippen LogP contribution in [0.25, 0.3) is 0 Å². The Bertz CT molecular complexity index is 595. The van der Waals surface area contributed by atoms with Crippen LogP contribution in [-0.2, 0) is 7.05 Å². The van der Waals surface area contributed by atoms with Gasteiger partial charge in [-0.15, -0.1) is 0 Å². The minimum absolute atomic E-state index is 0.190. The maximum atomic E-state index is 12.2. The summed E-state index contributed by atoms with van der Waals surface area (Å²) in [5.41, 5.74) is 1.21. The van der Waals surface area contributed by atoms with Crippen LogP contribution < -0.4 is 5.32 Å². The van der Waals surface area contributed by atoms with Crippen LogP contribution in [0, 0.1) is 6.92 Å². The highest BCUT2D eigenvalue weighted by atomic mass is 16.5. The van der Waals surface area contributed by atoms with Crippen LogP contribution in [0.4, 0.5) is 0 Å². The average molecular weight is 277 g/mol. The second kappa shape index (κ2) is 5.44. The molecule has 1 atom stereocenters. The van der Waals surface area contributed by atoms with Gasteiger partial charge in [-0.3, -0.25) is 4.79 Å². The van der Waals surface area contributed by atoms with E-state index >= 15 is 0 Å². The number of nitrogens with zero attached hydrogens (tertiary/aromatic N) is 4. The summed E-state index contributed by atoms with van der Waals surface area (Å²) in [6, 6.07) is -0.350. The first-order valence-electron chi connectivity index (χ1n) is 6.52. The van der Waals surface area contributed by atoms with Gasteiger partial charge in [0.25, 0.3) is 5.91 Å². The number of aryl methyl sites for hydroxylation is 2. The second-order valence-electron chi connectivity index (χ2n) is 5.13. The smallest absolute Gasteiger partial charge is 0.270 e. The van der Waals surface area contributed by atoms with Crippen LogP contribution in [0.5, 0.6) is 0 Å². The number of carbonyl (C=O) groups excluding carboxylic acids is 1. The first kappa shape index (κ1) is 14.2. The van der Waals surface area contributed by atoms with Crippen molar-refractivity contribution in [3.8, 4) is 0 Å². The highest BCUT2D eigenvalue weighted by molar-refractivity contribution is 5.93. The molecule has 0 saturated carbocycles. The quantitative estimate of drug-likeness (QED) is 0.919. The summed E-state index contributed by atoms with van der Waals surface area (Å²) in [5.74, 6) is 1.02. The summed E-state index contributed by atoms with van der Waals surface area (Å²) in [7, 11) is 1.78. The molecule has 0 aromatic carbocycles. The number of aromatic nitrogens is 4. The van der Waals surface area contributed by atoms with E-state index in [0.29, 0.717) is 23.1 Å². The second-order valence-corrected chi connectivity index (χ2v) is 5.13. The van der Waals surface area contributed by atoms with Gasteiger partial charge < -0.3 is 14.4 Å². The van der Waals surface area contributed by atoms with E-state index in [-0.39, 0.29) is 17.9 Å². The molecule has 1 amide bonds. The predicted octanol–water partition coefficient (Wildman–Crippen LogP) is 1.73. The normalized spacial score (nSPS) is 12.7. The van der Waals surface area contributed by atoms with E-state index in [9.17, 15) is 4.79 Å². The Morgan fingerprint density at radius 2 is 2.10 bits per heavy atom. The van der Waals surface area contributed by atoms with E-state index in [0.717, 1.165) is 0 Å². The fourth-order valence-corrected chi connectivity index (χ4v) is 1.86.